The monoisotopic (exact) mass is 589 g/mol. The molecule has 3 aliphatic carbocycles. The fourth-order valence-corrected chi connectivity index (χ4v) is 10.8. The lowest BCUT2D eigenvalue weighted by molar-refractivity contribution is 0.0523. The average molecular weight is 589 g/mol. The number of rotatable bonds is 2. The van der Waals surface area contributed by atoms with Crippen LogP contribution in [0.2, 0.25) is 0 Å². The second kappa shape index (κ2) is 16.1. The van der Waals surface area contributed by atoms with Gasteiger partial charge in [0.1, 0.15) is 0 Å². The molecule has 0 amide bonds. The van der Waals surface area contributed by atoms with Gasteiger partial charge in [0.15, 0.2) is 0 Å². The van der Waals surface area contributed by atoms with E-state index in [0.29, 0.717) is 16.2 Å². The second-order valence-electron chi connectivity index (χ2n) is 18.5. The second-order valence-corrected chi connectivity index (χ2v) is 18.9. The largest absolute Gasteiger partial charge is 0.179 e. The van der Waals surface area contributed by atoms with Crippen molar-refractivity contribution in [1.29, 1.82) is 0 Å². The molecule has 0 aromatic rings. The van der Waals surface area contributed by atoms with Crippen molar-refractivity contribution >= 4 is 12.6 Å². The van der Waals surface area contributed by atoms with E-state index in [4.69, 9.17) is 12.6 Å². The molecule has 3 saturated carbocycles. The first-order valence-electron chi connectivity index (χ1n) is 18.9. The summed E-state index contributed by atoms with van der Waals surface area (Å²) in [5.41, 5.74) is 1.37. The lowest BCUT2D eigenvalue weighted by Crippen LogP contribution is -2.36. The Morgan fingerprint density at radius 3 is 1.76 bits per heavy atom. The first kappa shape index (κ1) is 35.8. The Morgan fingerprint density at radius 2 is 1.17 bits per heavy atom. The van der Waals surface area contributed by atoms with Crippen molar-refractivity contribution in [2.24, 2.45) is 63.6 Å². The SMILES string of the molecule is CC1CCCC(CS)CC(C2CCCC3CCCCCC(CCCC2C(C)(C)C)C3(C)C)CC(C)(C)CCCC1C. The van der Waals surface area contributed by atoms with Crippen LogP contribution in [-0.2, 0) is 0 Å². The van der Waals surface area contributed by atoms with Crippen molar-refractivity contribution in [1.82, 2.24) is 0 Å². The summed E-state index contributed by atoms with van der Waals surface area (Å²) in [5.74, 6) is 8.10. The summed E-state index contributed by atoms with van der Waals surface area (Å²) in [4.78, 5) is 0. The molecule has 41 heavy (non-hydrogen) atoms. The summed E-state index contributed by atoms with van der Waals surface area (Å²) < 4.78 is 0. The van der Waals surface area contributed by atoms with Gasteiger partial charge >= 0.3 is 0 Å². The highest BCUT2D eigenvalue weighted by Crippen LogP contribution is 2.52. The molecule has 0 N–H and O–H groups in total. The van der Waals surface area contributed by atoms with Crippen LogP contribution in [0.25, 0.3) is 0 Å². The molecule has 3 aliphatic rings. The summed E-state index contributed by atoms with van der Waals surface area (Å²) in [5, 5.41) is 0. The van der Waals surface area contributed by atoms with Gasteiger partial charge in [-0.05, 0) is 134 Å². The Labute approximate surface area is 265 Å². The van der Waals surface area contributed by atoms with Gasteiger partial charge < -0.3 is 0 Å². The molecule has 8 atom stereocenters. The molecule has 0 spiro atoms. The van der Waals surface area contributed by atoms with Crippen LogP contribution in [0, 0.1) is 63.6 Å². The predicted molar refractivity (Wildman–Crippen MR) is 188 cm³/mol. The van der Waals surface area contributed by atoms with E-state index in [2.05, 4.69) is 62.3 Å². The third-order valence-electron chi connectivity index (χ3n) is 13.6. The zero-order chi connectivity index (χ0) is 30.3. The van der Waals surface area contributed by atoms with Crippen molar-refractivity contribution in [3.8, 4) is 0 Å². The topological polar surface area (TPSA) is 0 Å². The van der Waals surface area contributed by atoms with Crippen LogP contribution in [0.1, 0.15) is 184 Å². The van der Waals surface area contributed by atoms with Crippen LogP contribution in [0.5, 0.6) is 0 Å². The lowest BCUT2D eigenvalue weighted by atomic mass is 9.61. The fourth-order valence-electron chi connectivity index (χ4n) is 10.4. The van der Waals surface area contributed by atoms with Crippen molar-refractivity contribution in [2.45, 2.75) is 184 Å². The molecular weight excluding hydrogens is 513 g/mol. The van der Waals surface area contributed by atoms with E-state index in [1.165, 1.54) is 122 Å². The molecular formula is C40H76S. The van der Waals surface area contributed by atoms with Crippen molar-refractivity contribution in [3.05, 3.63) is 0 Å². The van der Waals surface area contributed by atoms with Crippen molar-refractivity contribution < 1.29 is 0 Å². The molecule has 0 radical (unpaired) electrons. The molecule has 8 unspecified atom stereocenters. The van der Waals surface area contributed by atoms with Gasteiger partial charge in [-0.3, -0.25) is 0 Å². The van der Waals surface area contributed by atoms with Gasteiger partial charge in [-0.1, -0.05) is 120 Å². The van der Waals surface area contributed by atoms with Gasteiger partial charge in [0.2, 0.25) is 0 Å². The Kier molecular flexibility index (Phi) is 14.0. The van der Waals surface area contributed by atoms with Crippen LogP contribution >= 0.6 is 12.6 Å². The van der Waals surface area contributed by atoms with Crippen molar-refractivity contribution in [2.75, 3.05) is 5.75 Å². The van der Waals surface area contributed by atoms with Gasteiger partial charge in [-0.25, -0.2) is 0 Å². The smallest absolute Gasteiger partial charge is 0.00694 e. The Hall–Kier alpha value is 0.350. The van der Waals surface area contributed by atoms with E-state index >= 15 is 0 Å². The lowest BCUT2D eigenvalue weighted by Gasteiger charge is -2.45. The van der Waals surface area contributed by atoms with Gasteiger partial charge in [-0.15, -0.1) is 0 Å². The quantitative estimate of drug-likeness (QED) is 0.305. The molecule has 242 valence electrons. The molecule has 0 aromatic carbocycles. The van der Waals surface area contributed by atoms with Gasteiger partial charge in [0.25, 0.3) is 0 Å². The molecule has 1 heteroatoms. The minimum Gasteiger partial charge on any atom is -0.179 e. The molecule has 0 nitrogen and oxygen atoms in total. The third-order valence-corrected chi connectivity index (χ3v) is 14.1. The van der Waals surface area contributed by atoms with E-state index < -0.39 is 0 Å². The maximum Gasteiger partial charge on any atom is -0.00694 e. The summed E-state index contributed by atoms with van der Waals surface area (Å²) in [7, 11) is 0. The standard InChI is InChI=1S/C40H76S/c1-30-17-13-19-32(29-41)27-33(28-39(6,7)26-16-18-31(30)2)36-24-14-22-34-20-11-10-12-21-35(40(34,8)9)23-15-25-37(36)38(3,4)5/h30-37,41H,10-29H2,1-9H3. The first-order valence-corrected chi connectivity index (χ1v) is 19.5. The van der Waals surface area contributed by atoms with Gasteiger partial charge in [-0.2, -0.15) is 12.6 Å². The summed E-state index contributed by atoms with van der Waals surface area (Å²) in [6.45, 7) is 23.5. The zero-order valence-corrected chi connectivity index (χ0v) is 30.6. The van der Waals surface area contributed by atoms with E-state index in [0.717, 1.165) is 53.1 Å². The molecule has 3 rings (SSSR count). The maximum absolute atomic E-state index is 5.01. The van der Waals surface area contributed by atoms with Crippen LogP contribution in [0.3, 0.4) is 0 Å². The summed E-state index contributed by atoms with van der Waals surface area (Å²) >= 11 is 5.01. The Bertz CT molecular complexity index is 728. The van der Waals surface area contributed by atoms with E-state index in [1.54, 1.807) is 0 Å². The average Bonchev–Trinajstić information content (AvgIpc) is 2.89. The van der Waals surface area contributed by atoms with Crippen LogP contribution in [-0.4, -0.2) is 5.75 Å². The third kappa shape index (κ3) is 10.7. The summed E-state index contributed by atoms with van der Waals surface area (Å²) in [6, 6.07) is 0. The molecule has 0 heterocycles. The van der Waals surface area contributed by atoms with Crippen LogP contribution < -0.4 is 0 Å². The zero-order valence-electron chi connectivity index (χ0n) is 29.7. The van der Waals surface area contributed by atoms with Gasteiger partial charge in [0.05, 0.1) is 0 Å². The number of hydrogen-bond acceptors (Lipinski definition) is 1. The van der Waals surface area contributed by atoms with Crippen molar-refractivity contribution in [3.63, 3.8) is 0 Å². The fraction of sp³-hybridized carbons (Fsp3) is 1.00. The summed E-state index contributed by atoms with van der Waals surface area (Å²) in [6.07, 6.45) is 27.6. The number of thiol groups is 1. The van der Waals surface area contributed by atoms with Gasteiger partial charge in [0, 0.05) is 0 Å². The Morgan fingerprint density at radius 1 is 0.634 bits per heavy atom. The minimum absolute atomic E-state index is 0.393. The maximum atomic E-state index is 5.01. The molecule has 0 saturated heterocycles. The Balaban J connectivity index is 1.93. The first-order chi connectivity index (χ1) is 19.2. The van der Waals surface area contributed by atoms with E-state index in [1.807, 2.05) is 0 Å². The van der Waals surface area contributed by atoms with E-state index in [-0.39, 0.29) is 0 Å². The minimum atomic E-state index is 0.393. The van der Waals surface area contributed by atoms with E-state index in [9.17, 15) is 0 Å². The molecule has 3 fully saturated rings. The van der Waals surface area contributed by atoms with Crippen LogP contribution in [0.15, 0.2) is 0 Å². The predicted octanol–water partition coefficient (Wildman–Crippen LogP) is 13.4. The highest BCUT2D eigenvalue weighted by molar-refractivity contribution is 7.80. The normalized spacial score (nSPS) is 39.1. The highest BCUT2D eigenvalue weighted by Gasteiger charge is 2.42. The highest BCUT2D eigenvalue weighted by atomic mass is 32.1. The number of fused-ring (bicyclic) bond motifs is 2. The molecule has 2 bridgehead atoms. The molecule has 0 aromatic heterocycles. The number of hydrogen-bond donors (Lipinski definition) is 1. The van der Waals surface area contributed by atoms with Crippen LogP contribution in [0.4, 0.5) is 0 Å². The molecule has 0 aliphatic heterocycles.